The molecule has 10 nitrogen and oxygen atoms in total. The maximum Gasteiger partial charge on any atom is 0.287 e. The highest BCUT2D eigenvalue weighted by atomic mass is 16.3. The predicted molar refractivity (Wildman–Crippen MR) is 141 cm³/mol. The number of amides is 3. The second kappa shape index (κ2) is 11.7. The lowest BCUT2D eigenvalue weighted by Crippen LogP contribution is -2.51. The van der Waals surface area contributed by atoms with Crippen LogP contribution in [0.3, 0.4) is 0 Å². The van der Waals surface area contributed by atoms with Gasteiger partial charge in [0, 0.05) is 51.0 Å². The number of likely N-dealkylation sites (N-methyl/N-ethyl adjacent to an activating group) is 1. The first-order chi connectivity index (χ1) is 17.8. The minimum absolute atomic E-state index is 0.126. The lowest BCUT2D eigenvalue weighted by Gasteiger charge is -2.37. The van der Waals surface area contributed by atoms with E-state index in [0.717, 1.165) is 18.3 Å². The Balaban J connectivity index is 1.31. The van der Waals surface area contributed by atoms with Gasteiger partial charge in [-0.15, -0.1) is 0 Å². The van der Waals surface area contributed by atoms with Crippen LogP contribution in [0.15, 0.2) is 63.8 Å². The van der Waals surface area contributed by atoms with Crippen LogP contribution in [0.25, 0.3) is 11.0 Å². The van der Waals surface area contributed by atoms with Crippen molar-refractivity contribution in [1.29, 1.82) is 0 Å². The molecule has 2 N–H and O–H groups in total. The Bertz CT molecular complexity index is 1340. The molecule has 1 aliphatic rings. The molecular weight excluding hydrogens is 474 g/mol. The zero-order valence-electron chi connectivity index (χ0n) is 21.0. The molecule has 0 atom stereocenters. The number of carbonyl (C=O) groups is 3. The summed E-state index contributed by atoms with van der Waals surface area (Å²) in [6.45, 7) is 3.12. The van der Waals surface area contributed by atoms with Gasteiger partial charge in [-0.2, -0.15) is 0 Å². The molecule has 0 aliphatic carbocycles. The normalized spacial score (nSPS) is 13.6. The van der Waals surface area contributed by atoms with Crippen LogP contribution in [0.4, 0.5) is 5.69 Å². The number of fused-ring (bicyclic) bond motifs is 1. The molecule has 1 fully saturated rings. The van der Waals surface area contributed by atoms with Crippen molar-refractivity contribution in [3.05, 3.63) is 76.1 Å². The van der Waals surface area contributed by atoms with Gasteiger partial charge in [-0.25, -0.2) is 0 Å². The molecule has 2 aromatic carbocycles. The van der Waals surface area contributed by atoms with E-state index >= 15 is 0 Å². The zero-order valence-corrected chi connectivity index (χ0v) is 21.0. The first-order valence-electron chi connectivity index (χ1n) is 12.2. The summed E-state index contributed by atoms with van der Waals surface area (Å²) in [5.41, 5.74) is 1.43. The predicted octanol–water partition coefficient (Wildman–Crippen LogP) is 1.16. The molecule has 0 saturated carbocycles. The number of benzene rings is 2. The van der Waals surface area contributed by atoms with Crippen molar-refractivity contribution in [2.75, 3.05) is 64.8 Å². The molecule has 1 aliphatic heterocycles. The number of nitrogens with one attached hydrogen (secondary N) is 2. The van der Waals surface area contributed by atoms with Crippen LogP contribution < -0.4 is 21.0 Å². The molecule has 3 aromatic rings. The van der Waals surface area contributed by atoms with Gasteiger partial charge in [0.05, 0.1) is 17.5 Å². The Hall–Kier alpha value is -4.18. The fourth-order valence-electron chi connectivity index (χ4n) is 4.20. The van der Waals surface area contributed by atoms with Crippen molar-refractivity contribution in [3.8, 4) is 0 Å². The zero-order chi connectivity index (χ0) is 26.4. The maximum absolute atomic E-state index is 12.7. The smallest absolute Gasteiger partial charge is 0.287 e. The van der Waals surface area contributed by atoms with E-state index in [9.17, 15) is 19.2 Å². The molecule has 194 valence electrons. The van der Waals surface area contributed by atoms with E-state index in [1.165, 1.54) is 0 Å². The van der Waals surface area contributed by atoms with E-state index in [0.29, 0.717) is 49.3 Å². The number of nitrogens with zero attached hydrogens (tertiary/aromatic N) is 3. The van der Waals surface area contributed by atoms with Gasteiger partial charge in [-0.05, 0) is 38.4 Å². The third-order valence-corrected chi connectivity index (χ3v) is 6.22. The van der Waals surface area contributed by atoms with Crippen LogP contribution in [0.1, 0.15) is 20.9 Å². The molecule has 1 saturated heterocycles. The molecule has 0 spiro atoms. The molecule has 37 heavy (non-hydrogen) atoms. The average Bonchev–Trinajstić information content (AvgIpc) is 2.91. The number of para-hydroxylation sites is 2. The summed E-state index contributed by atoms with van der Waals surface area (Å²) in [5, 5.41) is 5.89. The monoisotopic (exact) mass is 505 g/mol. The standard InChI is InChI=1S/C27H31N5O5/c1-30(2)12-11-28-26(35)19-7-3-5-9-21(19)31-13-15-32(16-14-31)25(34)18-29-27(36)24-17-22(33)20-8-4-6-10-23(20)37-24/h3-10,17H,11-16,18H2,1-2H3,(H,28,35)(H,29,36). The van der Waals surface area contributed by atoms with Crippen LogP contribution in [-0.4, -0.2) is 87.4 Å². The first kappa shape index (κ1) is 25.9. The van der Waals surface area contributed by atoms with Crippen LogP contribution >= 0.6 is 0 Å². The molecule has 2 heterocycles. The Morgan fingerprint density at radius 2 is 1.62 bits per heavy atom. The molecular formula is C27H31N5O5. The number of hydrogen-bond donors (Lipinski definition) is 2. The van der Waals surface area contributed by atoms with Gasteiger partial charge in [0.15, 0.2) is 11.2 Å². The van der Waals surface area contributed by atoms with Crippen molar-refractivity contribution >= 4 is 34.4 Å². The largest absolute Gasteiger partial charge is 0.451 e. The lowest BCUT2D eigenvalue weighted by molar-refractivity contribution is -0.130. The van der Waals surface area contributed by atoms with Crippen molar-refractivity contribution in [2.45, 2.75) is 0 Å². The molecule has 3 amide bonds. The van der Waals surface area contributed by atoms with E-state index in [2.05, 4.69) is 15.5 Å². The number of rotatable bonds is 8. The van der Waals surface area contributed by atoms with Crippen LogP contribution in [0.2, 0.25) is 0 Å². The fraction of sp³-hybridized carbons (Fsp3) is 0.333. The Labute approximate surface area is 214 Å². The second-order valence-electron chi connectivity index (χ2n) is 9.10. The van der Waals surface area contributed by atoms with E-state index in [1.807, 2.05) is 37.2 Å². The molecule has 1 aromatic heterocycles. The topological polar surface area (TPSA) is 115 Å². The van der Waals surface area contributed by atoms with E-state index in [4.69, 9.17) is 4.42 Å². The minimum atomic E-state index is -0.621. The summed E-state index contributed by atoms with van der Waals surface area (Å²) in [6, 6.07) is 15.3. The Kier molecular flexibility index (Phi) is 8.19. The van der Waals surface area contributed by atoms with Crippen molar-refractivity contribution in [3.63, 3.8) is 0 Å². The number of piperazine rings is 1. The summed E-state index contributed by atoms with van der Waals surface area (Å²) in [7, 11) is 3.90. The van der Waals surface area contributed by atoms with Crippen molar-refractivity contribution in [1.82, 2.24) is 20.4 Å². The van der Waals surface area contributed by atoms with Gasteiger partial charge in [-0.1, -0.05) is 24.3 Å². The lowest BCUT2D eigenvalue weighted by atomic mass is 10.1. The first-order valence-corrected chi connectivity index (χ1v) is 12.2. The van der Waals surface area contributed by atoms with Gasteiger partial charge in [0.1, 0.15) is 5.58 Å². The summed E-state index contributed by atoms with van der Waals surface area (Å²) in [4.78, 5) is 56.0. The van der Waals surface area contributed by atoms with Gasteiger partial charge in [-0.3, -0.25) is 19.2 Å². The van der Waals surface area contributed by atoms with Crippen LogP contribution in [-0.2, 0) is 4.79 Å². The highest BCUT2D eigenvalue weighted by molar-refractivity contribution is 6.00. The summed E-state index contributed by atoms with van der Waals surface area (Å²) in [6.07, 6.45) is 0. The van der Waals surface area contributed by atoms with E-state index in [1.54, 1.807) is 35.2 Å². The van der Waals surface area contributed by atoms with Gasteiger partial charge in [0.2, 0.25) is 5.91 Å². The van der Waals surface area contributed by atoms with Gasteiger partial charge in [0.25, 0.3) is 11.8 Å². The summed E-state index contributed by atoms with van der Waals surface area (Å²) < 4.78 is 5.53. The average molecular weight is 506 g/mol. The van der Waals surface area contributed by atoms with Crippen molar-refractivity contribution in [2.24, 2.45) is 0 Å². The molecule has 0 unspecified atom stereocenters. The van der Waals surface area contributed by atoms with Crippen LogP contribution in [0.5, 0.6) is 0 Å². The molecule has 4 rings (SSSR count). The third-order valence-electron chi connectivity index (χ3n) is 6.22. The molecule has 0 radical (unpaired) electrons. The third kappa shape index (κ3) is 6.34. The van der Waals surface area contributed by atoms with Crippen LogP contribution in [0, 0.1) is 0 Å². The highest BCUT2D eigenvalue weighted by Crippen LogP contribution is 2.22. The Morgan fingerprint density at radius 3 is 2.38 bits per heavy atom. The number of anilines is 1. The van der Waals surface area contributed by atoms with Crippen molar-refractivity contribution < 1.29 is 18.8 Å². The van der Waals surface area contributed by atoms with E-state index in [-0.39, 0.29) is 29.5 Å². The highest BCUT2D eigenvalue weighted by Gasteiger charge is 2.24. The summed E-state index contributed by atoms with van der Waals surface area (Å²) >= 11 is 0. The SMILES string of the molecule is CN(C)CCNC(=O)c1ccccc1N1CCN(C(=O)CNC(=O)c2cc(=O)c3ccccc3o2)CC1. The Morgan fingerprint density at radius 1 is 0.919 bits per heavy atom. The van der Waals surface area contributed by atoms with Gasteiger partial charge >= 0.3 is 0 Å². The fourth-order valence-corrected chi connectivity index (χ4v) is 4.20. The number of hydrogen-bond acceptors (Lipinski definition) is 7. The van der Waals surface area contributed by atoms with E-state index < -0.39 is 5.91 Å². The number of carbonyl (C=O) groups excluding carboxylic acids is 3. The molecule has 10 heteroatoms. The van der Waals surface area contributed by atoms with Gasteiger partial charge < -0.3 is 29.8 Å². The summed E-state index contributed by atoms with van der Waals surface area (Å²) in [5.74, 6) is -1.12. The quantitative estimate of drug-likeness (QED) is 0.472. The second-order valence-corrected chi connectivity index (χ2v) is 9.10. The minimum Gasteiger partial charge on any atom is -0.451 e. The maximum atomic E-state index is 12.7. The molecule has 0 bridgehead atoms.